The van der Waals surface area contributed by atoms with E-state index in [1.54, 1.807) is 34.9 Å². The van der Waals surface area contributed by atoms with Crippen molar-refractivity contribution in [1.82, 2.24) is 4.57 Å². The maximum atomic E-state index is 12.8. The molecule has 0 fully saturated rings. The SMILES string of the molecule is O=c1c(=Cc2ccc([N+](=O)[O-])cc2)sc2n1CN(c1ccc(Cl)cc1)CN=2. The molecular weight excluding hydrogens is 388 g/mol. The van der Waals surface area contributed by atoms with E-state index < -0.39 is 4.92 Å². The zero-order valence-corrected chi connectivity index (χ0v) is 15.5. The molecule has 0 unspecified atom stereocenters. The van der Waals surface area contributed by atoms with Gasteiger partial charge in [0.1, 0.15) is 13.3 Å². The Kier molecular flexibility index (Phi) is 4.51. The monoisotopic (exact) mass is 400 g/mol. The van der Waals surface area contributed by atoms with Crippen LogP contribution in [0, 0.1) is 10.1 Å². The maximum absolute atomic E-state index is 12.8. The molecule has 27 heavy (non-hydrogen) atoms. The van der Waals surface area contributed by atoms with Gasteiger partial charge in [0.2, 0.25) is 0 Å². The number of anilines is 1. The van der Waals surface area contributed by atoms with Crippen LogP contribution in [0.5, 0.6) is 0 Å². The average Bonchev–Trinajstić information content (AvgIpc) is 2.98. The van der Waals surface area contributed by atoms with E-state index in [0.29, 0.717) is 27.7 Å². The van der Waals surface area contributed by atoms with E-state index in [-0.39, 0.29) is 11.2 Å². The first-order valence-electron chi connectivity index (χ1n) is 8.02. The zero-order valence-electron chi connectivity index (χ0n) is 13.9. The lowest BCUT2D eigenvalue weighted by atomic mass is 10.2. The van der Waals surface area contributed by atoms with Crippen molar-refractivity contribution in [2.75, 3.05) is 11.6 Å². The molecule has 1 aliphatic rings. The second-order valence-electron chi connectivity index (χ2n) is 5.93. The van der Waals surface area contributed by atoms with Crippen LogP contribution in [-0.4, -0.2) is 16.2 Å². The molecule has 0 amide bonds. The van der Waals surface area contributed by atoms with Crippen molar-refractivity contribution in [1.29, 1.82) is 0 Å². The van der Waals surface area contributed by atoms with Crippen LogP contribution >= 0.6 is 22.9 Å². The second kappa shape index (κ2) is 6.98. The summed E-state index contributed by atoms with van der Waals surface area (Å²) in [6.45, 7) is 0.864. The number of benzene rings is 2. The molecule has 0 bridgehead atoms. The van der Waals surface area contributed by atoms with Gasteiger partial charge in [0.05, 0.1) is 9.46 Å². The Balaban J connectivity index is 1.67. The molecule has 0 atom stereocenters. The fraction of sp³-hybridized carbons (Fsp3) is 0.111. The quantitative estimate of drug-likeness (QED) is 0.499. The summed E-state index contributed by atoms with van der Waals surface area (Å²) < 4.78 is 2.17. The topological polar surface area (TPSA) is 80.7 Å². The predicted octanol–water partition coefficient (Wildman–Crippen LogP) is 2.36. The Morgan fingerprint density at radius 2 is 1.85 bits per heavy atom. The molecule has 0 saturated heterocycles. The predicted molar refractivity (Wildman–Crippen MR) is 105 cm³/mol. The number of hydrogen-bond acceptors (Lipinski definition) is 6. The van der Waals surface area contributed by atoms with Crippen molar-refractivity contribution in [3.8, 4) is 0 Å². The summed E-state index contributed by atoms with van der Waals surface area (Å²) in [6.07, 6.45) is 1.73. The molecule has 9 heteroatoms. The number of fused-ring (bicyclic) bond motifs is 1. The number of nitrogens with zero attached hydrogens (tertiary/aromatic N) is 4. The molecule has 136 valence electrons. The first-order valence-corrected chi connectivity index (χ1v) is 9.21. The highest BCUT2D eigenvalue weighted by atomic mass is 35.5. The smallest absolute Gasteiger partial charge is 0.271 e. The van der Waals surface area contributed by atoms with Gasteiger partial charge in [-0.2, -0.15) is 0 Å². The third-order valence-corrected chi connectivity index (χ3v) is 5.47. The summed E-state index contributed by atoms with van der Waals surface area (Å²) in [7, 11) is 0. The minimum absolute atomic E-state index is 0.0166. The van der Waals surface area contributed by atoms with Gasteiger partial charge in [-0.1, -0.05) is 22.9 Å². The number of thiazole rings is 1. The van der Waals surface area contributed by atoms with Crippen LogP contribution in [0.25, 0.3) is 6.08 Å². The Labute approximate surface area is 162 Å². The maximum Gasteiger partial charge on any atom is 0.271 e. The normalized spacial score (nSPS) is 14.0. The molecule has 0 saturated carbocycles. The van der Waals surface area contributed by atoms with E-state index in [2.05, 4.69) is 4.99 Å². The van der Waals surface area contributed by atoms with Crippen LogP contribution in [-0.2, 0) is 6.67 Å². The highest BCUT2D eigenvalue weighted by molar-refractivity contribution is 7.07. The van der Waals surface area contributed by atoms with Crippen molar-refractivity contribution >= 4 is 40.4 Å². The van der Waals surface area contributed by atoms with E-state index in [4.69, 9.17) is 11.6 Å². The molecule has 1 aromatic heterocycles. The summed E-state index contributed by atoms with van der Waals surface area (Å²) >= 11 is 7.24. The van der Waals surface area contributed by atoms with E-state index in [0.717, 1.165) is 11.3 Å². The average molecular weight is 401 g/mol. The standard InChI is InChI=1S/C18H13ClN4O3S/c19-13-3-7-14(8-4-13)21-10-20-18-22(11-21)17(24)16(27-18)9-12-1-5-15(6-2-12)23(25)26/h1-9H,10-11H2. The molecule has 4 rings (SSSR count). The summed E-state index contributed by atoms with van der Waals surface area (Å²) in [5.41, 5.74) is 1.55. The van der Waals surface area contributed by atoms with Crippen LogP contribution < -0.4 is 19.8 Å². The Morgan fingerprint density at radius 3 is 2.52 bits per heavy atom. The van der Waals surface area contributed by atoms with Gasteiger partial charge in [-0.15, -0.1) is 0 Å². The van der Waals surface area contributed by atoms with Gasteiger partial charge in [-0.25, -0.2) is 4.99 Å². The van der Waals surface area contributed by atoms with Gasteiger partial charge < -0.3 is 4.90 Å². The second-order valence-corrected chi connectivity index (χ2v) is 7.38. The fourth-order valence-electron chi connectivity index (χ4n) is 2.77. The van der Waals surface area contributed by atoms with E-state index in [1.165, 1.54) is 23.5 Å². The largest absolute Gasteiger partial charge is 0.334 e. The van der Waals surface area contributed by atoms with Gasteiger partial charge in [-0.3, -0.25) is 19.5 Å². The van der Waals surface area contributed by atoms with Crippen LogP contribution in [0.1, 0.15) is 5.56 Å². The molecule has 2 heterocycles. The van der Waals surface area contributed by atoms with Gasteiger partial charge in [0, 0.05) is 22.8 Å². The number of halogens is 1. The summed E-state index contributed by atoms with van der Waals surface area (Å²) in [5.74, 6) is 0. The summed E-state index contributed by atoms with van der Waals surface area (Å²) in [6, 6.07) is 13.5. The number of aromatic nitrogens is 1. The first-order chi connectivity index (χ1) is 13.0. The third-order valence-electron chi connectivity index (χ3n) is 4.17. The molecule has 7 nitrogen and oxygen atoms in total. The van der Waals surface area contributed by atoms with Gasteiger partial charge >= 0.3 is 0 Å². The van der Waals surface area contributed by atoms with Crippen LogP contribution in [0.4, 0.5) is 11.4 Å². The van der Waals surface area contributed by atoms with Crippen molar-refractivity contribution in [3.63, 3.8) is 0 Å². The van der Waals surface area contributed by atoms with Crippen LogP contribution in [0.3, 0.4) is 0 Å². The number of nitro benzene ring substituents is 1. The van der Waals surface area contributed by atoms with Crippen LogP contribution in [0.2, 0.25) is 5.02 Å². The molecule has 0 spiro atoms. The molecule has 0 N–H and O–H groups in total. The van der Waals surface area contributed by atoms with E-state index in [1.807, 2.05) is 17.0 Å². The minimum atomic E-state index is -0.452. The lowest BCUT2D eigenvalue weighted by Gasteiger charge is -2.25. The Morgan fingerprint density at radius 1 is 1.15 bits per heavy atom. The lowest BCUT2D eigenvalue weighted by molar-refractivity contribution is -0.384. The Hall–Kier alpha value is -2.97. The van der Waals surface area contributed by atoms with Gasteiger partial charge in [-0.05, 0) is 48.0 Å². The Bertz CT molecular complexity index is 1180. The number of nitro groups is 1. The molecular formula is C18H13ClN4O3S. The first kappa shape index (κ1) is 17.4. The van der Waals surface area contributed by atoms with Gasteiger partial charge in [0.25, 0.3) is 11.2 Å². The number of rotatable bonds is 3. The fourth-order valence-corrected chi connectivity index (χ4v) is 3.86. The minimum Gasteiger partial charge on any atom is -0.334 e. The molecule has 3 aromatic rings. The molecule has 2 aromatic carbocycles. The van der Waals surface area contributed by atoms with E-state index >= 15 is 0 Å². The molecule has 1 aliphatic heterocycles. The summed E-state index contributed by atoms with van der Waals surface area (Å²) in [5, 5.41) is 11.4. The number of hydrogen-bond donors (Lipinski definition) is 0. The van der Waals surface area contributed by atoms with Crippen molar-refractivity contribution in [2.45, 2.75) is 6.67 Å². The highest BCUT2D eigenvalue weighted by Crippen LogP contribution is 2.19. The summed E-state index contributed by atoms with van der Waals surface area (Å²) in [4.78, 5) is 30.2. The van der Waals surface area contributed by atoms with Crippen molar-refractivity contribution in [3.05, 3.63) is 88.9 Å². The lowest BCUT2D eigenvalue weighted by Crippen LogP contribution is -2.42. The van der Waals surface area contributed by atoms with Gasteiger partial charge in [0.15, 0.2) is 4.80 Å². The number of non-ortho nitro benzene ring substituents is 1. The zero-order chi connectivity index (χ0) is 19.0. The molecule has 0 radical (unpaired) electrons. The van der Waals surface area contributed by atoms with Crippen molar-refractivity contribution < 1.29 is 4.92 Å². The highest BCUT2D eigenvalue weighted by Gasteiger charge is 2.16. The van der Waals surface area contributed by atoms with Crippen molar-refractivity contribution in [2.24, 2.45) is 4.99 Å². The molecule has 0 aliphatic carbocycles. The van der Waals surface area contributed by atoms with Crippen LogP contribution in [0.15, 0.2) is 58.3 Å². The third kappa shape index (κ3) is 3.49. The van der Waals surface area contributed by atoms with E-state index in [9.17, 15) is 14.9 Å².